The number of halogens is 1. The highest BCUT2D eigenvalue weighted by Crippen LogP contribution is 2.34. The van der Waals surface area contributed by atoms with Gasteiger partial charge in [-0.15, -0.1) is 11.3 Å². The smallest absolute Gasteiger partial charge is 0.266 e. The maximum absolute atomic E-state index is 13.6. The third-order valence-electron chi connectivity index (χ3n) is 2.89. The van der Waals surface area contributed by atoms with Crippen LogP contribution in [0.3, 0.4) is 0 Å². The molecule has 1 saturated heterocycles. The van der Waals surface area contributed by atoms with Gasteiger partial charge in [-0.3, -0.25) is 9.69 Å². The topological polar surface area (TPSA) is 32.7 Å². The minimum Gasteiger partial charge on any atom is -0.290 e. The molecule has 0 atom stereocenters. The number of aliphatic imine (C=N–C) groups is 1. The summed E-state index contributed by atoms with van der Waals surface area (Å²) < 4.78 is 13.6. The fraction of sp³-hybridized carbons (Fsp3) is 0.0667. The van der Waals surface area contributed by atoms with Gasteiger partial charge < -0.3 is 0 Å². The lowest BCUT2D eigenvalue weighted by Gasteiger charge is -2.07. The molecular weight excluding hydrogens is 307 g/mol. The van der Waals surface area contributed by atoms with Gasteiger partial charge in [-0.2, -0.15) is 0 Å². The highest BCUT2D eigenvalue weighted by Gasteiger charge is 2.30. The Hall–Kier alpha value is -1.92. The first-order chi connectivity index (χ1) is 10.1. The molecule has 0 unspecified atom stereocenters. The number of hydrogen-bond acceptors (Lipinski definition) is 4. The molecule has 3 rings (SSSR count). The van der Waals surface area contributed by atoms with Gasteiger partial charge in [0.15, 0.2) is 5.17 Å². The number of carbonyl (C=O) groups excluding carboxylic acids is 1. The number of benzene rings is 1. The minimum absolute atomic E-state index is 0.122. The molecule has 1 aliphatic heterocycles. The van der Waals surface area contributed by atoms with E-state index in [1.807, 2.05) is 23.6 Å². The summed E-state index contributed by atoms with van der Waals surface area (Å²) in [5, 5.41) is 2.43. The number of hydrogen-bond donors (Lipinski definition) is 0. The number of rotatable bonds is 2. The molecule has 2 aromatic rings. The van der Waals surface area contributed by atoms with E-state index in [9.17, 15) is 9.18 Å². The summed E-state index contributed by atoms with van der Waals surface area (Å²) in [6, 6.07) is 10.1. The standard InChI is InChI=1S/C15H11FN2OS2/c1-18-14(19)13(9-10-5-4-8-20-10)21-15(18)17-12-7-3-2-6-11(12)16/h2-9H,1H3/b13-9+,17-15?. The number of amides is 1. The van der Waals surface area contributed by atoms with Crippen LogP contribution in [0.25, 0.3) is 6.08 Å². The van der Waals surface area contributed by atoms with Crippen molar-refractivity contribution in [1.82, 2.24) is 4.90 Å². The van der Waals surface area contributed by atoms with Gasteiger partial charge in [0, 0.05) is 11.9 Å². The van der Waals surface area contributed by atoms with E-state index in [0.29, 0.717) is 10.1 Å². The van der Waals surface area contributed by atoms with E-state index in [1.165, 1.54) is 22.7 Å². The molecule has 0 aliphatic carbocycles. The van der Waals surface area contributed by atoms with Gasteiger partial charge in [0.1, 0.15) is 11.5 Å². The molecule has 0 bridgehead atoms. The van der Waals surface area contributed by atoms with E-state index >= 15 is 0 Å². The van der Waals surface area contributed by atoms with E-state index in [2.05, 4.69) is 4.99 Å². The van der Waals surface area contributed by atoms with Crippen molar-refractivity contribution >= 4 is 45.9 Å². The molecule has 1 aromatic carbocycles. The first-order valence-electron chi connectivity index (χ1n) is 6.19. The van der Waals surface area contributed by atoms with Crippen LogP contribution in [-0.2, 0) is 4.79 Å². The molecule has 1 aliphatic rings. The summed E-state index contributed by atoms with van der Waals surface area (Å²) >= 11 is 2.82. The predicted octanol–water partition coefficient (Wildman–Crippen LogP) is 4.12. The van der Waals surface area contributed by atoms with E-state index in [4.69, 9.17) is 0 Å². The zero-order chi connectivity index (χ0) is 14.8. The van der Waals surface area contributed by atoms with Gasteiger partial charge in [-0.1, -0.05) is 18.2 Å². The monoisotopic (exact) mass is 318 g/mol. The number of nitrogens with zero attached hydrogens (tertiary/aromatic N) is 2. The Morgan fingerprint density at radius 3 is 2.76 bits per heavy atom. The Morgan fingerprint density at radius 2 is 2.05 bits per heavy atom. The zero-order valence-electron chi connectivity index (χ0n) is 11.1. The fourth-order valence-electron chi connectivity index (χ4n) is 1.80. The van der Waals surface area contributed by atoms with Crippen molar-refractivity contribution in [3.8, 4) is 0 Å². The lowest BCUT2D eigenvalue weighted by molar-refractivity contribution is -0.121. The van der Waals surface area contributed by atoms with Crippen molar-refractivity contribution in [2.45, 2.75) is 0 Å². The van der Waals surface area contributed by atoms with Crippen LogP contribution < -0.4 is 0 Å². The van der Waals surface area contributed by atoms with Gasteiger partial charge in [-0.05, 0) is 41.4 Å². The van der Waals surface area contributed by atoms with Gasteiger partial charge in [0.2, 0.25) is 0 Å². The van der Waals surface area contributed by atoms with Gasteiger partial charge in [-0.25, -0.2) is 9.38 Å². The van der Waals surface area contributed by atoms with E-state index < -0.39 is 5.82 Å². The average molecular weight is 318 g/mol. The van der Waals surface area contributed by atoms with Crippen molar-refractivity contribution in [1.29, 1.82) is 0 Å². The Kier molecular flexibility index (Phi) is 3.90. The number of amidine groups is 1. The average Bonchev–Trinajstić information content (AvgIpc) is 3.07. The van der Waals surface area contributed by atoms with Crippen molar-refractivity contribution in [2.24, 2.45) is 4.99 Å². The molecule has 0 radical (unpaired) electrons. The number of thiophene rings is 1. The fourth-order valence-corrected chi connectivity index (χ4v) is 3.50. The third-order valence-corrected chi connectivity index (χ3v) is 4.77. The number of thioether (sulfide) groups is 1. The van der Waals surface area contributed by atoms with Crippen molar-refractivity contribution in [3.63, 3.8) is 0 Å². The Morgan fingerprint density at radius 1 is 1.24 bits per heavy atom. The molecule has 0 saturated carbocycles. The number of para-hydroxylation sites is 1. The molecule has 1 amide bonds. The summed E-state index contributed by atoms with van der Waals surface area (Å²) in [7, 11) is 1.64. The molecule has 106 valence electrons. The second-order valence-corrected chi connectivity index (χ2v) is 6.32. The van der Waals surface area contributed by atoms with Crippen LogP contribution in [0.2, 0.25) is 0 Å². The Balaban J connectivity index is 1.92. The van der Waals surface area contributed by atoms with Gasteiger partial charge >= 0.3 is 0 Å². The second kappa shape index (κ2) is 5.83. The molecule has 6 heteroatoms. The SMILES string of the molecule is CN1C(=O)/C(=C\c2cccs2)SC1=Nc1ccccc1F. The first kappa shape index (κ1) is 14.0. The maximum atomic E-state index is 13.6. The zero-order valence-corrected chi connectivity index (χ0v) is 12.7. The molecule has 1 fully saturated rings. The van der Waals surface area contributed by atoms with Crippen molar-refractivity contribution < 1.29 is 9.18 Å². The lowest BCUT2D eigenvalue weighted by atomic mass is 10.3. The Bertz CT molecular complexity index is 738. The highest BCUT2D eigenvalue weighted by atomic mass is 32.2. The quantitative estimate of drug-likeness (QED) is 0.780. The van der Waals surface area contributed by atoms with Crippen molar-refractivity contribution in [2.75, 3.05) is 7.05 Å². The summed E-state index contributed by atoms with van der Waals surface area (Å²) in [4.78, 5) is 19.5. The van der Waals surface area contributed by atoms with Crippen LogP contribution in [0.15, 0.2) is 51.7 Å². The summed E-state index contributed by atoms with van der Waals surface area (Å²) in [6.45, 7) is 0. The largest absolute Gasteiger partial charge is 0.290 e. The summed E-state index contributed by atoms with van der Waals surface area (Å²) in [5.74, 6) is -0.523. The van der Waals surface area contributed by atoms with Gasteiger partial charge in [0.25, 0.3) is 5.91 Å². The highest BCUT2D eigenvalue weighted by molar-refractivity contribution is 8.18. The predicted molar refractivity (Wildman–Crippen MR) is 86.2 cm³/mol. The van der Waals surface area contributed by atoms with Crippen LogP contribution in [-0.4, -0.2) is 23.0 Å². The summed E-state index contributed by atoms with van der Waals surface area (Å²) in [5.41, 5.74) is 0.233. The molecule has 21 heavy (non-hydrogen) atoms. The summed E-state index contributed by atoms with van der Waals surface area (Å²) in [6.07, 6.45) is 1.83. The lowest BCUT2D eigenvalue weighted by Crippen LogP contribution is -2.23. The molecule has 0 spiro atoms. The molecule has 1 aromatic heterocycles. The van der Waals surface area contributed by atoms with E-state index in [0.717, 1.165) is 4.88 Å². The Labute approximate surface area is 129 Å². The first-order valence-corrected chi connectivity index (χ1v) is 7.89. The molecule has 2 heterocycles. The number of carbonyl (C=O) groups is 1. The maximum Gasteiger partial charge on any atom is 0.266 e. The molecule has 3 nitrogen and oxygen atoms in total. The van der Waals surface area contributed by atoms with E-state index in [1.54, 1.807) is 36.6 Å². The van der Waals surface area contributed by atoms with Crippen LogP contribution in [0.4, 0.5) is 10.1 Å². The van der Waals surface area contributed by atoms with Crippen molar-refractivity contribution in [3.05, 3.63) is 57.4 Å². The molecular formula is C15H11FN2OS2. The third kappa shape index (κ3) is 2.91. The van der Waals surface area contributed by atoms with Gasteiger partial charge in [0.05, 0.1) is 4.91 Å². The minimum atomic E-state index is -0.401. The normalized spacial score (nSPS) is 19.0. The molecule has 0 N–H and O–H groups in total. The second-order valence-electron chi connectivity index (χ2n) is 4.34. The number of likely N-dealkylation sites (N-methyl/N-ethyl adjacent to an activating group) is 1. The van der Waals surface area contributed by atoms with Crippen LogP contribution in [0.5, 0.6) is 0 Å². The van der Waals surface area contributed by atoms with Crippen LogP contribution >= 0.6 is 23.1 Å². The van der Waals surface area contributed by atoms with Crippen LogP contribution in [0.1, 0.15) is 4.88 Å². The van der Waals surface area contributed by atoms with Crippen LogP contribution in [0, 0.1) is 5.82 Å². The van der Waals surface area contributed by atoms with E-state index in [-0.39, 0.29) is 11.6 Å².